The van der Waals surface area contributed by atoms with Crippen LogP contribution >= 0.6 is 11.5 Å². The second-order valence-electron chi connectivity index (χ2n) is 4.25. The van der Waals surface area contributed by atoms with Crippen LogP contribution < -0.4 is 11.1 Å². The van der Waals surface area contributed by atoms with Gasteiger partial charge >= 0.3 is 0 Å². The maximum absolute atomic E-state index is 12.0. The van der Waals surface area contributed by atoms with Crippen molar-refractivity contribution in [1.29, 1.82) is 0 Å². The number of hydrogen-bond donors (Lipinski definition) is 2. The summed E-state index contributed by atoms with van der Waals surface area (Å²) in [5.74, 6) is 0.0454. The van der Waals surface area contributed by atoms with Crippen molar-refractivity contribution in [3.8, 4) is 0 Å². The van der Waals surface area contributed by atoms with Crippen LogP contribution in [-0.2, 0) is 16.4 Å². The van der Waals surface area contributed by atoms with E-state index in [1.807, 2.05) is 25.1 Å². The third-order valence-electron chi connectivity index (χ3n) is 2.74. The fraction of sp³-hybridized carbons (Fsp3) is 0.333. The Morgan fingerprint density at radius 3 is 2.80 bits per heavy atom. The number of pyridine rings is 1. The zero-order valence-electron chi connectivity index (χ0n) is 11.3. The van der Waals surface area contributed by atoms with E-state index in [9.17, 15) is 8.42 Å². The summed E-state index contributed by atoms with van der Waals surface area (Å²) in [5.41, 5.74) is 7.40. The Hall–Kier alpha value is -1.67. The molecular weight excluding hydrogens is 296 g/mol. The molecule has 6 nitrogen and oxygen atoms in total. The normalized spacial score (nSPS) is 11.5. The van der Waals surface area contributed by atoms with Gasteiger partial charge in [-0.2, -0.15) is 4.37 Å². The standard InChI is InChI=1S/C12H16N4O2S2/c1-3-20(17,18)10-11(13)16-19-12(10)14-7-9-6-4-5-8(2)15-9/h4-6,14H,3,7H2,1-2H3,(H2,13,16). The molecule has 0 amide bonds. The van der Waals surface area contributed by atoms with E-state index >= 15 is 0 Å². The lowest BCUT2D eigenvalue weighted by Crippen LogP contribution is -2.09. The van der Waals surface area contributed by atoms with E-state index in [0.717, 1.165) is 22.9 Å². The first-order valence-corrected chi connectivity index (χ1v) is 8.51. The van der Waals surface area contributed by atoms with Crippen molar-refractivity contribution in [3.63, 3.8) is 0 Å². The summed E-state index contributed by atoms with van der Waals surface area (Å²) in [7, 11) is -3.39. The van der Waals surface area contributed by atoms with Gasteiger partial charge in [0.05, 0.1) is 18.0 Å². The maximum Gasteiger partial charge on any atom is 0.184 e. The van der Waals surface area contributed by atoms with Crippen LogP contribution in [0.25, 0.3) is 0 Å². The van der Waals surface area contributed by atoms with Gasteiger partial charge < -0.3 is 11.1 Å². The molecule has 0 saturated carbocycles. The van der Waals surface area contributed by atoms with Gasteiger partial charge in [0.1, 0.15) is 9.90 Å². The average Bonchev–Trinajstić information content (AvgIpc) is 2.78. The molecule has 0 fully saturated rings. The summed E-state index contributed by atoms with van der Waals surface area (Å²) >= 11 is 1.05. The zero-order valence-corrected chi connectivity index (χ0v) is 12.9. The number of aromatic nitrogens is 2. The molecule has 0 radical (unpaired) electrons. The van der Waals surface area contributed by atoms with E-state index in [1.165, 1.54) is 0 Å². The number of aryl methyl sites for hydroxylation is 1. The summed E-state index contributed by atoms with van der Waals surface area (Å²) in [6.45, 7) is 3.91. The SMILES string of the molecule is CCS(=O)(=O)c1c(N)nsc1NCc1cccc(C)n1. The Labute approximate surface area is 122 Å². The summed E-state index contributed by atoms with van der Waals surface area (Å²) in [6.07, 6.45) is 0. The van der Waals surface area contributed by atoms with Crippen LogP contribution in [0.2, 0.25) is 0 Å². The van der Waals surface area contributed by atoms with Crippen LogP contribution in [0.1, 0.15) is 18.3 Å². The number of nitrogens with zero attached hydrogens (tertiary/aromatic N) is 2. The van der Waals surface area contributed by atoms with Gasteiger partial charge in [-0.15, -0.1) is 0 Å². The van der Waals surface area contributed by atoms with Gasteiger partial charge in [0.15, 0.2) is 15.7 Å². The number of nitrogens with two attached hydrogens (primary N) is 1. The van der Waals surface area contributed by atoms with E-state index < -0.39 is 9.84 Å². The molecule has 3 N–H and O–H groups in total. The van der Waals surface area contributed by atoms with Gasteiger partial charge in [-0.25, -0.2) is 8.42 Å². The van der Waals surface area contributed by atoms with E-state index in [0.29, 0.717) is 11.5 Å². The van der Waals surface area contributed by atoms with Crippen LogP contribution in [-0.4, -0.2) is 23.5 Å². The number of anilines is 2. The third kappa shape index (κ3) is 3.07. The van der Waals surface area contributed by atoms with Crippen molar-refractivity contribution in [3.05, 3.63) is 29.6 Å². The first kappa shape index (κ1) is 14.7. The van der Waals surface area contributed by atoms with Crippen LogP contribution in [0.15, 0.2) is 23.1 Å². The number of nitrogen functional groups attached to an aromatic ring is 1. The average molecular weight is 312 g/mol. The summed E-state index contributed by atoms with van der Waals surface area (Å²) < 4.78 is 27.9. The molecule has 2 aromatic rings. The lowest BCUT2D eigenvalue weighted by Gasteiger charge is -2.07. The van der Waals surface area contributed by atoms with Crippen molar-refractivity contribution in [2.75, 3.05) is 16.8 Å². The van der Waals surface area contributed by atoms with Crippen molar-refractivity contribution in [1.82, 2.24) is 9.36 Å². The highest BCUT2D eigenvalue weighted by Gasteiger charge is 2.23. The van der Waals surface area contributed by atoms with E-state index in [1.54, 1.807) is 6.92 Å². The van der Waals surface area contributed by atoms with Gasteiger partial charge in [0, 0.05) is 5.69 Å². The molecule has 2 rings (SSSR count). The van der Waals surface area contributed by atoms with Crippen molar-refractivity contribution in [2.45, 2.75) is 25.3 Å². The molecule has 108 valence electrons. The highest BCUT2D eigenvalue weighted by molar-refractivity contribution is 7.91. The zero-order chi connectivity index (χ0) is 14.8. The Balaban J connectivity index is 2.23. The number of hydrogen-bond acceptors (Lipinski definition) is 7. The fourth-order valence-electron chi connectivity index (χ4n) is 1.72. The maximum atomic E-state index is 12.0. The molecule has 0 saturated heterocycles. The minimum absolute atomic E-state index is 0.00696. The summed E-state index contributed by atoms with van der Waals surface area (Å²) in [4.78, 5) is 4.44. The minimum atomic E-state index is -3.39. The lowest BCUT2D eigenvalue weighted by atomic mass is 10.3. The quantitative estimate of drug-likeness (QED) is 0.874. The number of sulfone groups is 1. The van der Waals surface area contributed by atoms with E-state index in [2.05, 4.69) is 14.7 Å². The molecule has 0 aliphatic heterocycles. The minimum Gasteiger partial charge on any atom is -0.382 e. The Morgan fingerprint density at radius 1 is 1.40 bits per heavy atom. The molecule has 0 unspecified atom stereocenters. The largest absolute Gasteiger partial charge is 0.382 e. The predicted molar refractivity (Wildman–Crippen MR) is 80.6 cm³/mol. The smallest absolute Gasteiger partial charge is 0.184 e. The Bertz CT molecular complexity index is 710. The molecule has 2 heterocycles. The lowest BCUT2D eigenvalue weighted by molar-refractivity contribution is 0.598. The summed E-state index contributed by atoms with van der Waals surface area (Å²) in [5, 5.41) is 3.52. The van der Waals surface area contributed by atoms with Crippen LogP contribution in [0.4, 0.5) is 10.8 Å². The molecule has 0 aliphatic rings. The first-order chi connectivity index (χ1) is 9.44. The molecule has 8 heteroatoms. The molecule has 0 bridgehead atoms. The molecule has 20 heavy (non-hydrogen) atoms. The molecule has 2 aromatic heterocycles. The van der Waals surface area contributed by atoms with Gasteiger partial charge in [-0.1, -0.05) is 13.0 Å². The van der Waals surface area contributed by atoms with Gasteiger partial charge in [0.25, 0.3) is 0 Å². The van der Waals surface area contributed by atoms with Crippen molar-refractivity contribution in [2.24, 2.45) is 0 Å². The second-order valence-corrected chi connectivity index (χ2v) is 7.24. The van der Waals surface area contributed by atoms with Crippen molar-refractivity contribution >= 4 is 32.2 Å². The van der Waals surface area contributed by atoms with Crippen LogP contribution in [0, 0.1) is 6.92 Å². The number of rotatable bonds is 5. The Morgan fingerprint density at radius 2 is 2.15 bits per heavy atom. The third-order valence-corrected chi connectivity index (χ3v) is 5.48. The molecule has 0 aliphatic carbocycles. The molecule has 0 spiro atoms. The first-order valence-electron chi connectivity index (χ1n) is 6.08. The second kappa shape index (κ2) is 5.76. The monoisotopic (exact) mass is 312 g/mol. The molecule has 0 aromatic carbocycles. The highest BCUT2D eigenvalue weighted by atomic mass is 32.2. The van der Waals surface area contributed by atoms with Crippen LogP contribution in [0.3, 0.4) is 0 Å². The van der Waals surface area contributed by atoms with E-state index in [4.69, 9.17) is 5.73 Å². The topological polar surface area (TPSA) is 98.0 Å². The van der Waals surface area contributed by atoms with E-state index in [-0.39, 0.29) is 16.5 Å². The van der Waals surface area contributed by atoms with Gasteiger partial charge in [-0.3, -0.25) is 4.98 Å². The van der Waals surface area contributed by atoms with Gasteiger partial charge in [-0.05, 0) is 30.6 Å². The fourth-order valence-corrected chi connectivity index (χ4v) is 3.88. The van der Waals surface area contributed by atoms with Gasteiger partial charge in [0.2, 0.25) is 0 Å². The molecule has 0 atom stereocenters. The predicted octanol–water partition coefficient (Wildman–Crippen LogP) is 1.83. The van der Waals surface area contributed by atoms with Crippen LogP contribution in [0.5, 0.6) is 0 Å². The highest BCUT2D eigenvalue weighted by Crippen LogP contribution is 2.32. The summed E-state index contributed by atoms with van der Waals surface area (Å²) in [6, 6.07) is 5.68. The Kier molecular flexibility index (Phi) is 4.24. The van der Waals surface area contributed by atoms with Crippen molar-refractivity contribution < 1.29 is 8.42 Å². The number of nitrogens with one attached hydrogen (secondary N) is 1. The molecular formula is C12H16N4O2S2.